The first kappa shape index (κ1) is 13.0. The summed E-state index contributed by atoms with van der Waals surface area (Å²) in [5, 5.41) is 9.03. The maximum absolute atomic E-state index is 12.1. The van der Waals surface area contributed by atoms with Crippen LogP contribution in [0.4, 0.5) is 0 Å². The van der Waals surface area contributed by atoms with Crippen LogP contribution in [-0.2, 0) is 4.79 Å². The van der Waals surface area contributed by atoms with E-state index in [1.54, 1.807) is 17.0 Å². The molecule has 96 valence electrons. The van der Waals surface area contributed by atoms with Gasteiger partial charge >= 0.3 is 5.97 Å². The predicted molar refractivity (Wildman–Crippen MR) is 68.1 cm³/mol. The Labute approximate surface area is 113 Å². The number of carbonyl (C=O) groups excluding carboxylic acids is 1. The van der Waals surface area contributed by atoms with Gasteiger partial charge in [0.1, 0.15) is 4.60 Å². The van der Waals surface area contributed by atoms with Crippen LogP contribution in [0.5, 0.6) is 0 Å². The molecular weight excluding hydrogens is 300 g/mol. The molecule has 1 aliphatic heterocycles. The number of carbonyl (C=O) groups is 2. The molecule has 0 radical (unpaired) electrons. The number of carboxylic acid groups (broad SMARTS) is 1. The van der Waals surface area contributed by atoms with Gasteiger partial charge in [0.05, 0.1) is 11.5 Å². The molecule has 0 saturated carbocycles. The average molecular weight is 313 g/mol. The minimum Gasteiger partial charge on any atom is -0.481 e. The van der Waals surface area contributed by atoms with Gasteiger partial charge < -0.3 is 10.0 Å². The number of nitrogens with zero attached hydrogens (tertiary/aromatic N) is 2. The summed E-state index contributed by atoms with van der Waals surface area (Å²) < 4.78 is 0.664. The van der Waals surface area contributed by atoms with Gasteiger partial charge in [-0.05, 0) is 34.0 Å². The van der Waals surface area contributed by atoms with Crippen LogP contribution in [0.1, 0.15) is 17.3 Å². The molecule has 5 nitrogen and oxygen atoms in total. The number of halogens is 1. The molecule has 0 bridgehead atoms. The van der Waals surface area contributed by atoms with Crippen molar-refractivity contribution in [2.75, 3.05) is 13.1 Å². The first-order chi connectivity index (χ1) is 8.49. The lowest BCUT2D eigenvalue weighted by atomic mass is 9.99. The maximum Gasteiger partial charge on any atom is 0.308 e. The van der Waals surface area contributed by atoms with Crippen LogP contribution in [0, 0.1) is 11.8 Å². The van der Waals surface area contributed by atoms with E-state index < -0.39 is 11.9 Å². The van der Waals surface area contributed by atoms with Crippen LogP contribution in [-0.4, -0.2) is 40.0 Å². The minimum absolute atomic E-state index is 0.0187. The molecule has 1 N–H and O–H groups in total. The van der Waals surface area contributed by atoms with Crippen molar-refractivity contribution in [1.82, 2.24) is 9.88 Å². The molecule has 0 aliphatic carbocycles. The summed E-state index contributed by atoms with van der Waals surface area (Å²) in [5.74, 6) is -1.50. The highest BCUT2D eigenvalue weighted by Crippen LogP contribution is 2.24. The fourth-order valence-electron chi connectivity index (χ4n) is 2.14. The average Bonchev–Trinajstić information content (AvgIpc) is 2.71. The lowest BCUT2D eigenvalue weighted by Gasteiger charge is -2.15. The molecule has 2 atom stereocenters. The van der Waals surface area contributed by atoms with E-state index in [4.69, 9.17) is 5.11 Å². The SMILES string of the molecule is CC1CN(C(=O)c2ccc(Br)nc2)CC1C(=O)O. The molecule has 1 aromatic heterocycles. The topological polar surface area (TPSA) is 70.5 Å². The van der Waals surface area contributed by atoms with Crippen molar-refractivity contribution in [3.05, 3.63) is 28.5 Å². The molecule has 6 heteroatoms. The first-order valence-corrected chi connectivity index (χ1v) is 6.42. The van der Waals surface area contributed by atoms with E-state index in [-0.39, 0.29) is 18.4 Å². The van der Waals surface area contributed by atoms with Crippen LogP contribution < -0.4 is 0 Å². The number of aliphatic carboxylic acids is 1. The molecule has 1 fully saturated rings. The quantitative estimate of drug-likeness (QED) is 0.843. The van der Waals surface area contributed by atoms with E-state index in [9.17, 15) is 9.59 Å². The molecule has 1 aromatic rings. The van der Waals surface area contributed by atoms with Gasteiger partial charge in [-0.2, -0.15) is 0 Å². The Bertz CT molecular complexity index is 475. The molecule has 2 unspecified atom stereocenters. The monoisotopic (exact) mass is 312 g/mol. The molecule has 1 saturated heterocycles. The van der Waals surface area contributed by atoms with Crippen molar-refractivity contribution in [3.8, 4) is 0 Å². The van der Waals surface area contributed by atoms with Crippen LogP contribution in [0.3, 0.4) is 0 Å². The lowest BCUT2D eigenvalue weighted by molar-refractivity contribution is -0.142. The van der Waals surface area contributed by atoms with E-state index >= 15 is 0 Å². The summed E-state index contributed by atoms with van der Waals surface area (Å²) in [4.78, 5) is 28.7. The Hall–Kier alpha value is -1.43. The van der Waals surface area contributed by atoms with Gasteiger partial charge in [-0.3, -0.25) is 9.59 Å². The largest absolute Gasteiger partial charge is 0.481 e. The fourth-order valence-corrected chi connectivity index (χ4v) is 2.37. The highest BCUT2D eigenvalue weighted by molar-refractivity contribution is 9.10. The molecule has 0 spiro atoms. The third-order valence-corrected chi connectivity index (χ3v) is 3.66. The number of amides is 1. The Kier molecular flexibility index (Phi) is 3.65. The summed E-state index contributed by atoms with van der Waals surface area (Å²) in [5.41, 5.74) is 0.483. The molecular formula is C12H13BrN2O3. The Morgan fingerprint density at radius 2 is 2.17 bits per heavy atom. The zero-order valence-electron chi connectivity index (χ0n) is 9.84. The van der Waals surface area contributed by atoms with Gasteiger partial charge in [-0.25, -0.2) is 4.98 Å². The summed E-state index contributed by atoms with van der Waals surface area (Å²) >= 11 is 3.20. The van der Waals surface area contributed by atoms with Gasteiger partial charge in [0.2, 0.25) is 0 Å². The van der Waals surface area contributed by atoms with Gasteiger partial charge in [0.25, 0.3) is 5.91 Å². The molecule has 2 heterocycles. The summed E-state index contributed by atoms with van der Waals surface area (Å²) in [7, 11) is 0. The second kappa shape index (κ2) is 5.06. The highest BCUT2D eigenvalue weighted by atomic mass is 79.9. The van der Waals surface area contributed by atoms with Crippen LogP contribution >= 0.6 is 15.9 Å². The first-order valence-electron chi connectivity index (χ1n) is 5.62. The summed E-state index contributed by atoms with van der Waals surface area (Å²) in [6, 6.07) is 3.37. The zero-order valence-corrected chi connectivity index (χ0v) is 11.4. The van der Waals surface area contributed by atoms with Crippen molar-refractivity contribution in [1.29, 1.82) is 0 Å². The predicted octanol–water partition coefficient (Wildman–Crippen LogP) is 1.64. The van der Waals surface area contributed by atoms with E-state index in [0.29, 0.717) is 16.7 Å². The molecule has 1 aliphatic rings. The molecule has 2 rings (SSSR count). The number of likely N-dealkylation sites (tertiary alicyclic amines) is 1. The second-order valence-corrected chi connectivity index (χ2v) is 5.31. The highest BCUT2D eigenvalue weighted by Gasteiger charge is 2.37. The fraction of sp³-hybridized carbons (Fsp3) is 0.417. The summed E-state index contributed by atoms with van der Waals surface area (Å²) in [6.45, 7) is 2.60. The van der Waals surface area contributed by atoms with Crippen molar-refractivity contribution in [2.24, 2.45) is 11.8 Å². The van der Waals surface area contributed by atoms with E-state index in [1.165, 1.54) is 6.20 Å². The van der Waals surface area contributed by atoms with Crippen LogP contribution in [0.25, 0.3) is 0 Å². The van der Waals surface area contributed by atoms with Crippen molar-refractivity contribution >= 4 is 27.8 Å². The van der Waals surface area contributed by atoms with Crippen LogP contribution in [0.2, 0.25) is 0 Å². The van der Waals surface area contributed by atoms with Crippen LogP contribution in [0.15, 0.2) is 22.9 Å². The number of hydrogen-bond donors (Lipinski definition) is 1. The van der Waals surface area contributed by atoms with Gasteiger partial charge in [-0.15, -0.1) is 0 Å². The van der Waals surface area contributed by atoms with Crippen molar-refractivity contribution in [3.63, 3.8) is 0 Å². The Morgan fingerprint density at radius 1 is 1.44 bits per heavy atom. The lowest BCUT2D eigenvalue weighted by Crippen LogP contribution is -2.30. The van der Waals surface area contributed by atoms with E-state index in [0.717, 1.165) is 0 Å². The summed E-state index contributed by atoms with van der Waals surface area (Å²) in [6.07, 6.45) is 1.49. The maximum atomic E-state index is 12.1. The number of rotatable bonds is 2. The Morgan fingerprint density at radius 3 is 2.67 bits per heavy atom. The van der Waals surface area contributed by atoms with Gasteiger partial charge in [-0.1, -0.05) is 6.92 Å². The third-order valence-electron chi connectivity index (χ3n) is 3.19. The number of aromatic nitrogens is 1. The normalized spacial score (nSPS) is 23.1. The van der Waals surface area contributed by atoms with Crippen molar-refractivity contribution < 1.29 is 14.7 Å². The smallest absolute Gasteiger partial charge is 0.308 e. The molecule has 0 aromatic carbocycles. The van der Waals surface area contributed by atoms with Gasteiger partial charge in [0.15, 0.2) is 0 Å². The molecule has 1 amide bonds. The minimum atomic E-state index is -0.841. The third kappa shape index (κ3) is 2.53. The second-order valence-electron chi connectivity index (χ2n) is 4.50. The number of hydrogen-bond acceptors (Lipinski definition) is 3. The standard InChI is InChI=1S/C12H13BrN2O3/c1-7-5-15(6-9(7)12(17)18)11(16)8-2-3-10(13)14-4-8/h2-4,7,9H,5-6H2,1H3,(H,17,18). The Balaban J connectivity index is 2.12. The van der Waals surface area contributed by atoms with Gasteiger partial charge in [0, 0.05) is 19.3 Å². The van der Waals surface area contributed by atoms with E-state index in [2.05, 4.69) is 20.9 Å². The zero-order chi connectivity index (χ0) is 13.3. The number of carboxylic acids is 1. The molecule has 18 heavy (non-hydrogen) atoms. The number of pyridine rings is 1. The van der Waals surface area contributed by atoms with Crippen molar-refractivity contribution in [2.45, 2.75) is 6.92 Å². The van der Waals surface area contributed by atoms with E-state index in [1.807, 2.05) is 6.92 Å².